The van der Waals surface area contributed by atoms with Crippen molar-refractivity contribution in [3.63, 3.8) is 0 Å². The largest absolute Gasteiger partial charge is 0.344 e. The molecule has 0 spiro atoms. The Morgan fingerprint density at radius 2 is 2.08 bits per heavy atom. The van der Waals surface area contributed by atoms with Crippen molar-refractivity contribution in [1.29, 1.82) is 0 Å². The van der Waals surface area contributed by atoms with Gasteiger partial charge in [0.15, 0.2) is 0 Å². The van der Waals surface area contributed by atoms with Crippen LogP contribution in [-0.4, -0.2) is 11.4 Å². The van der Waals surface area contributed by atoms with Crippen LogP contribution in [0, 0.1) is 0 Å². The summed E-state index contributed by atoms with van der Waals surface area (Å²) in [6.45, 7) is 5.40. The normalized spacial score (nSPS) is 21.2. The molecule has 62 valence electrons. The molecule has 0 aliphatic carbocycles. The molecule has 0 aromatic heterocycles. The van der Waals surface area contributed by atoms with Crippen LogP contribution in [0.25, 0.3) is 0 Å². The molecule has 0 fully saturated rings. The van der Waals surface area contributed by atoms with Gasteiger partial charge in [-0.15, -0.1) is 0 Å². The fraction of sp³-hybridized carbons (Fsp3) is 0.273. The maximum atomic E-state index is 2.27. The van der Waals surface area contributed by atoms with Crippen LogP contribution >= 0.6 is 0 Å². The zero-order valence-corrected chi connectivity index (χ0v) is 7.54. The summed E-state index contributed by atoms with van der Waals surface area (Å²) in [5.41, 5.74) is 4.17. The highest BCUT2D eigenvalue weighted by Crippen LogP contribution is 2.22. The van der Waals surface area contributed by atoms with Gasteiger partial charge in [-0.25, -0.2) is 0 Å². The van der Waals surface area contributed by atoms with Gasteiger partial charge in [0.05, 0.1) is 0 Å². The second-order valence-corrected chi connectivity index (χ2v) is 3.36. The summed E-state index contributed by atoms with van der Waals surface area (Å²) < 4.78 is 0. The Labute approximate surface area is 73.4 Å². The number of rotatable bonds is 0. The monoisotopic (exact) mass is 159 g/mol. The Hall–Kier alpha value is -1.24. The van der Waals surface area contributed by atoms with Gasteiger partial charge in [0.25, 0.3) is 0 Å². The highest BCUT2D eigenvalue weighted by molar-refractivity contribution is 5.40. The number of hydrogen-bond donors (Lipinski definition) is 0. The predicted octanol–water partition coefficient (Wildman–Crippen LogP) is 2.61. The zero-order valence-electron chi connectivity index (χ0n) is 7.54. The summed E-state index contributed by atoms with van der Waals surface area (Å²) in [6, 6.07) is 0. The van der Waals surface area contributed by atoms with E-state index in [-0.39, 0.29) is 0 Å². The fourth-order valence-corrected chi connectivity index (χ4v) is 1.49. The third-order valence-corrected chi connectivity index (χ3v) is 2.42. The van der Waals surface area contributed by atoms with E-state index < -0.39 is 0 Å². The van der Waals surface area contributed by atoms with Crippen LogP contribution in [-0.2, 0) is 0 Å². The van der Waals surface area contributed by atoms with Crippen LogP contribution in [0.5, 0.6) is 0 Å². The molecule has 0 aromatic carbocycles. The summed E-state index contributed by atoms with van der Waals surface area (Å²) in [7, 11) is 0. The molecule has 0 aromatic rings. The van der Waals surface area contributed by atoms with Gasteiger partial charge >= 0.3 is 0 Å². The van der Waals surface area contributed by atoms with Crippen molar-refractivity contribution in [2.45, 2.75) is 13.8 Å². The molecular formula is C11H13N. The quantitative estimate of drug-likeness (QED) is 0.525. The topological polar surface area (TPSA) is 3.24 Å². The molecule has 0 unspecified atom stereocenters. The summed E-state index contributed by atoms with van der Waals surface area (Å²) in [6.07, 6.45) is 10.7. The minimum absolute atomic E-state index is 1.04. The summed E-state index contributed by atoms with van der Waals surface area (Å²) in [4.78, 5) is 2.27. The first-order chi connectivity index (χ1) is 5.77. The van der Waals surface area contributed by atoms with Crippen molar-refractivity contribution in [3.05, 3.63) is 47.3 Å². The summed E-state index contributed by atoms with van der Waals surface area (Å²) in [5.74, 6) is 0. The SMILES string of the molecule is CC1=C(C)CN2C=CC=CC2=C1. The Kier molecular flexibility index (Phi) is 1.65. The second-order valence-electron chi connectivity index (χ2n) is 3.36. The lowest BCUT2D eigenvalue weighted by molar-refractivity contribution is 0.505. The highest BCUT2D eigenvalue weighted by Gasteiger charge is 2.12. The van der Waals surface area contributed by atoms with Gasteiger partial charge in [-0.3, -0.25) is 0 Å². The lowest BCUT2D eigenvalue weighted by Gasteiger charge is -2.28. The van der Waals surface area contributed by atoms with Crippen LogP contribution in [0.3, 0.4) is 0 Å². The Morgan fingerprint density at radius 3 is 2.92 bits per heavy atom. The average molecular weight is 159 g/mol. The molecule has 0 amide bonds. The van der Waals surface area contributed by atoms with Crippen LogP contribution in [0.15, 0.2) is 47.3 Å². The third-order valence-electron chi connectivity index (χ3n) is 2.42. The minimum Gasteiger partial charge on any atom is -0.344 e. The van der Waals surface area contributed by atoms with Crippen LogP contribution < -0.4 is 0 Å². The number of nitrogens with zero attached hydrogens (tertiary/aromatic N) is 1. The highest BCUT2D eigenvalue weighted by atomic mass is 15.1. The molecule has 1 heteroatoms. The van der Waals surface area contributed by atoms with E-state index in [2.05, 4.69) is 49.3 Å². The van der Waals surface area contributed by atoms with Crippen LogP contribution in [0.4, 0.5) is 0 Å². The maximum absolute atomic E-state index is 2.27. The number of hydrogen-bond acceptors (Lipinski definition) is 1. The first kappa shape index (κ1) is 7.41. The van der Waals surface area contributed by atoms with Gasteiger partial charge in [-0.05, 0) is 37.6 Å². The molecular weight excluding hydrogens is 146 g/mol. The second kappa shape index (κ2) is 2.67. The molecule has 2 rings (SSSR count). The van der Waals surface area contributed by atoms with Gasteiger partial charge in [-0.1, -0.05) is 11.6 Å². The van der Waals surface area contributed by atoms with E-state index in [1.165, 1.54) is 16.8 Å². The molecule has 0 bridgehead atoms. The lowest BCUT2D eigenvalue weighted by Crippen LogP contribution is -2.22. The van der Waals surface area contributed by atoms with Crippen molar-refractivity contribution in [1.82, 2.24) is 4.90 Å². The zero-order chi connectivity index (χ0) is 8.55. The van der Waals surface area contributed by atoms with Crippen LogP contribution in [0.1, 0.15) is 13.8 Å². The van der Waals surface area contributed by atoms with E-state index in [1.807, 2.05) is 0 Å². The minimum atomic E-state index is 1.04. The van der Waals surface area contributed by atoms with E-state index in [0.29, 0.717) is 0 Å². The van der Waals surface area contributed by atoms with Crippen LogP contribution in [0.2, 0.25) is 0 Å². The van der Waals surface area contributed by atoms with E-state index in [9.17, 15) is 0 Å². The standard InChI is InChI=1S/C11H13N/c1-9-7-11-5-3-4-6-12(11)8-10(9)2/h3-7H,8H2,1-2H3. The van der Waals surface area contributed by atoms with Gasteiger partial charge in [0.2, 0.25) is 0 Å². The molecule has 0 radical (unpaired) electrons. The summed E-state index contributed by atoms with van der Waals surface area (Å²) in [5, 5.41) is 0. The molecule has 0 N–H and O–H groups in total. The summed E-state index contributed by atoms with van der Waals surface area (Å²) >= 11 is 0. The van der Waals surface area contributed by atoms with E-state index >= 15 is 0 Å². The molecule has 2 aliphatic heterocycles. The van der Waals surface area contributed by atoms with Gasteiger partial charge < -0.3 is 4.90 Å². The smallest absolute Gasteiger partial charge is 0.0438 e. The van der Waals surface area contributed by atoms with Gasteiger partial charge in [0, 0.05) is 18.4 Å². The first-order valence-electron chi connectivity index (χ1n) is 4.27. The first-order valence-corrected chi connectivity index (χ1v) is 4.27. The Morgan fingerprint density at radius 1 is 1.25 bits per heavy atom. The fourth-order valence-electron chi connectivity index (χ4n) is 1.49. The van der Waals surface area contributed by atoms with Crippen molar-refractivity contribution < 1.29 is 0 Å². The van der Waals surface area contributed by atoms with E-state index in [0.717, 1.165) is 6.54 Å². The van der Waals surface area contributed by atoms with Crippen molar-refractivity contribution in [3.8, 4) is 0 Å². The molecule has 12 heavy (non-hydrogen) atoms. The van der Waals surface area contributed by atoms with Crippen molar-refractivity contribution in [2.75, 3.05) is 6.54 Å². The average Bonchev–Trinajstić information content (AvgIpc) is 2.07. The molecule has 0 atom stereocenters. The van der Waals surface area contributed by atoms with Crippen molar-refractivity contribution >= 4 is 0 Å². The van der Waals surface area contributed by atoms with E-state index in [1.54, 1.807) is 0 Å². The Bertz CT molecular complexity index is 316. The predicted molar refractivity (Wildman–Crippen MR) is 51.4 cm³/mol. The van der Waals surface area contributed by atoms with Gasteiger partial charge in [-0.2, -0.15) is 0 Å². The molecule has 2 heterocycles. The molecule has 1 nitrogen and oxygen atoms in total. The molecule has 0 saturated carbocycles. The molecule has 0 saturated heterocycles. The number of allylic oxidation sites excluding steroid dienone is 5. The van der Waals surface area contributed by atoms with Crippen molar-refractivity contribution in [2.24, 2.45) is 0 Å². The molecule has 2 aliphatic rings. The lowest BCUT2D eigenvalue weighted by atomic mass is 10.0. The van der Waals surface area contributed by atoms with E-state index in [4.69, 9.17) is 0 Å². The number of fused-ring (bicyclic) bond motifs is 1. The third kappa shape index (κ3) is 1.11. The Balaban J connectivity index is 2.38. The van der Waals surface area contributed by atoms with Gasteiger partial charge in [0.1, 0.15) is 0 Å². The maximum Gasteiger partial charge on any atom is 0.0438 e.